The molecule has 4 unspecified atom stereocenters. The summed E-state index contributed by atoms with van der Waals surface area (Å²) in [7, 11) is 0. The third-order valence-electron chi connectivity index (χ3n) is 5.52. The van der Waals surface area contributed by atoms with Gasteiger partial charge in [0.1, 0.15) is 0 Å². The van der Waals surface area contributed by atoms with Gasteiger partial charge in [-0.15, -0.1) is 11.3 Å². The maximum absolute atomic E-state index is 12.6. The summed E-state index contributed by atoms with van der Waals surface area (Å²) in [4.78, 5) is 12.6. The SMILES string of the molecule is CC(NC(=O)c1csc2ccccc12)C1CC2CCC1C2. The average molecular weight is 299 g/mol. The van der Waals surface area contributed by atoms with Crippen molar-refractivity contribution in [3.63, 3.8) is 0 Å². The highest BCUT2D eigenvalue weighted by Crippen LogP contribution is 2.49. The number of hydrogen-bond donors (Lipinski definition) is 1. The fourth-order valence-electron chi connectivity index (χ4n) is 4.45. The van der Waals surface area contributed by atoms with Gasteiger partial charge in [-0.2, -0.15) is 0 Å². The van der Waals surface area contributed by atoms with Crippen LogP contribution in [0.1, 0.15) is 43.0 Å². The van der Waals surface area contributed by atoms with E-state index in [9.17, 15) is 4.79 Å². The first kappa shape index (κ1) is 13.3. The molecule has 0 aliphatic heterocycles. The monoisotopic (exact) mass is 299 g/mol. The Kier molecular flexibility index (Phi) is 3.26. The van der Waals surface area contributed by atoms with Crippen molar-refractivity contribution >= 4 is 27.3 Å². The minimum Gasteiger partial charge on any atom is -0.349 e. The number of thiophene rings is 1. The molecular formula is C18H21NOS. The minimum absolute atomic E-state index is 0.0997. The topological polar surface area (TPSA) is 29.1 Å². The largest absolute Gasteiger partial charge is 0.349 e. The molecule has 110 valence electrons. The Hall–Kier alpha value is -1.35. The van der Waals surface area contributed by atoms with Crippen molar-refractivity contribution in [1.29, 1.82) is 0 Å². The molecule has 0 radical (unpaired) electrons. The zero-order valence-corrected chi connectivity index (χ0v) is 13.2. The van der Waals surface area contributed by atoms with Gasteiger partial charge in [-0.1, -0.05) is 24.6 Å². The lowest BCUT2D eigenvalue weighted by atomic mass is 9.84. The predicted octanol–water partition coefficient (Wildman–Crippen LogP) is 4.46. The van der Waals surface area contributed by atoms with Crippen LogP contribution in [0, 0.1) is 17.8 Å². The molecule has 3 heteroatoms. The highest BCUT2D eigenvalue weighted by Gasteiger charge is 2.42. The minimum atomic E-state index is 0.0997. The molecule has 21 heavy (non-hydrogen) atoms. The van der Waals surface area contributed by atoms with Crippen molar-refractivity contribution in [3.05, 3.63) is 35.2 Å². The van der Waals surface area contributed by atoms with Crippen LogP contribution >= 0.6 is 11.3 Å². The zero-order chi connectivity index (χ0) is 14.4. The van der Waals surface area contributed by atoms with E-state index in [0.717, 1.165) is 22.8 Å². The first-order valence-electron chi connectivity index (χ1n) is 7.99. The Labute approximate surface area is 129 Å². The molecule has 2 aliphatic rings. The van der Waals surface area contributed by atoms with Gasteiger partial charge >= 0.3 is 0 Å². The standard InChI is InChI=1S/C18H21NOS/c1-11(15-9-12-6-7-13(15)8-12)19-18(20)16-10-21-17-5-3-2-4-14(16)17/h2-5,10-13,15H,6-9H2,1H3,(H,19,20). The number of amides is 1. The third-order valence-corrected chi connectivity index (χ3v) is 6.48. The number of benzene rings is 1. The zero-order valence-electron chi connectivity index (χ0n) is 12.3. The van der Waals surface area contributed by atoms with Gasteiger partial charge in [-0.25, -0.2) is 0 Å². The van der Waals surface area contributed by atoms with Crippen LogP contribution in [0.4, 0.5) is 0 Å². The molecule has 4 rings (SSSR count). The molecule has 1 N–H and O–H groups in total. The van der Waals surface area contributed by atoms with E-state index >= 15 is 0 Å². The number of nitrogens with one attached hydrogen (secondary N) is 1. The van der Waals surface area contributed by atoms with Crippen molar-refractivity contribution in [1.82, 2.24) is 5.32 Å². The molecule has 0 saturated heterocycles. The van der Waals surface area contributed by atoms with Gasteiger partial charge < -0.3 is 5.32 Å². The van der Waals surface area contributed by atoms with Crippen LogP contribution in [-0.4, -0.2) is 11.9 Å². The van der Waals surface area contributed by atoms with Crippen LogP contribution in [0.2, 0.25) is 0 Å². The molecule has 1 heterocycles. The third kappa shape index (κ3) is 2.28. The van der Waals surface area contributed by atoms with Crippen molar-refractivity contribution in [2.75, 3.05) is 0 Å². The van der Waals surface area contributed by atoms with Crippen LogP contribution < -0.4 is 5.32 Å². The Morgan fingerprint density at radius 1 is 1.29 bits per heavy atom. The molecule has 2 aromatic rings. The lowest BCUT2D eigenvalue weighted by Crippen LogP contribution is -2.40. The van der Waals surface area contributed by atoms with Crippen LogP contribution in [-0.2, 0) is 0 Å². The Bertz CT molecular complexity index is 677. The summed E-state index contributed by atoms with van der Waals surface area (Å²) in [5.41, 5.74) is 0.839. The summed E-state index contributed by atoms with van der Waals surface area (Å²) in [5.74, 6) is 2.58. The molecule has 2 nitrogen and oxygen atoms in total. The second-order valence-corrected chi connectivity index (χ2v) is 7.66. The van der Waals surface area contributed by atoms with Crippen molar-refractivity contribution in [2.45, 2.75) is 38.6 Å². The first-order valence-corrected chi connectivity index (χ1v) is 8.87. The van der Waals surface area contributed by atoms with Gasteiger partial charge in [-0.3, -0.25) is 4.79 Å². The second-order valence-electron chi connectivity index (χ2n) is 6.75. The summed E-state index contributed by atoms with van der Waals surface area (Å²) in [6, 6.07) is 8.45. The summed E-state index contributed by atoms with van der Waals surface area (Å²) >= 11 is 1.65. The van der Waals surface area contributed by atoms with Crippen molar-refractivity contribution in [3.8, 4) is 0 Å². The molecule has 2 bridgehead atoms. The van der Waals surface area contributed by atoms with E-state index in [4.69, 9.17) is 0 Å². The van der Waals surface area contributed by atoms with E-state index < -0.39 is 0 Å². The Morgan fingerprint density at radius 2 is 2.14 bits per heavy atom. The van der Waals surface area contributed by atoms with Crippen LogP contribution in [0.3, 0.4) is 0 Å². The van der Waals surface area contributed by atoms with Crippen molar-refractivity contribution < 1.29 is 4.79 Å². The highest BCUT2D eigenvalue weighted by molar-refractivity contribution is 7.17. The lowest BCUT2D eigenvalue weighted by Gasteiger charge is -2.28. The van der Waals surface area contributed by atoms with Crippen LogP contribution in [0.15, 0.2) is 29.6 Å². The number of hydrogen-bond acceptors (Lipinski definition) is 2. The molecule has 4 atom stereocenters. The van der Waals surface area contributed by atoms with E-state index in [-0.39, 0.29) is 5.91 Å². The van der Waals surface area contributed by atoms with Crippen LogP contribution in [0.25, 0.3) is 10.1 Å². The molecule has 2 fully saturated rings. The summed E-state index contributed by atoms with van der Waals surface area (Å²) in [6.07, 6.45) is 5.50. The highest BCUT2D eigenvalue weighted by atomic mass is 32.1. The smallest absolute Gasteiger partial charge is 0.252 e. The summed E-state index contributed by atoms with van der Waals surface area (Å²) in [5, 5.41) is 6.35. The quantitative estimate of drug-likeness (QED) is 0.891. The number of fused-ring (bicyclic) bond motifs is 3. The van der Waals surface area contributed by atoms with Gasteiger partial charge in [0.25, 0.3) is 5.91 Å². The van der Waals surface area contributed by atoms with E-state index in [1.807, 2.05) is 23.6 Å². The van der Waals surface area contributed by atoms with Crippen molar-refractivity contribution in [2.24, 2.45) is 17.8 Å². The molecular weight excluding hydrogens is 278 g/mol. The molecule has 2 saturated carbocycles. The second kappa shape index (κ2) is 5.13. The van der Waals surface area contributed by atoms with E-state index in [2.05, 4.69) is 18.3 Å². The lowest BCUT2D eigenvalue weighted by molar-refractivity contribution is 0.0917. The van der Waals surface area contributed by atoms with Crippen LogP contribution in [0.5, 0.6) is 0 Å². The van der Waals surface area contributed by atoms with Gasteiger partial charge in [0.2, 0.25) is 0 Å². The normalized spacial score (nSPS) is 28.9. The number of rotatable bonds is 3. The Morgan fingerprint density at radius 3 is 2.90 bits per heavy atom. The molecule has 1 aromatic heterocycles. The number of carbonyl (C=O) groups is 1. The van der Waals surface area contributed by atoms with E-state index in [1.54, 1.807) is 11.3 Å². The number of carbonyl (C=O) groups excluding carboxylic acids is 1. The molecule has 1 aromatic carbocycles. The summed E-state index contributed by atoms with van der Waals surface area (Å²) < 4.78 is 1.19. The molecule has 2 aliphatic carbocycles. The van der Waals surface area contributed by atoms with Gasteiger partial charge in [0.05, 0.1) is 5.56 Å². The van der Waals surface area contributed by atoms with Gasteiger partial charge in [-0.05, 0) is 50.0 Å². The van der Waals surface area contributed by atoms with E-state index in [1.165, 1.54) is 30.4 Å². The first-order chi connectivity index (χ1) is 10.2. The fraction of sp³-hybridized carbons (Fsp3) is 0.500. The van der Waals surface area contributed by atoms with Gasteiger partial charge in [0.15, 0.2) is 0 Å². The molecule has 0 spiro atoms. The predicted molar refractivity (Wildman–Crippen MR) is 87.7 cm³/mol. The summed E-state index contributed by atoms with van der Waals surface area (Å²) in [6.45, 7) is 2.19. The van der Waals surface area contributed by atoms with Gasteiger partial charge in [0, 0.05) is 21.5 Å². The maximum Gasteiger partial charge on any atom is 0.252 e. The Balaban J connectivity index is 1.50. The van der Waals surface area contributed by atoms with E-state index in [0.29, 0.717) is 12.0 Å². The fourth-order valence-corrected chi connectivity index (χ4v) is 5.39. The molecule has 1 amide bonds. The average Bonchev–Trinajstić information content (AvgIpc) is 3.21. The maximum atomic E-state index is 12.6.